The van der Waals surface area contributed by atoms with Crippen LogP contribution in [-0.4, -0.2) is 28.1 Å². The predicted molar refractivity (Wildman–Crippen MR) is 90.1 cm³/mol. The fourth-order valence-electron chi connectivity index (χ4n) is 2.29. The van der Waals surface area contributed by atoms with Crippen LogP contribution < -0.4 is 5.32 Å². The number of anilines is 1. The maximum absolute atomic E-state index is 12.1. The number of aromatic nitrogens is 3. The molecule has 0 unspecified atom stereocenters. The van der Waals surface area contributed by atoms with Crippen LogP contribution in [0.4, 0.5) is 5.69 Å². The van der Waals surface area contributed by atoms with Crippen LogP contribution in [0.15, 0.2) is 27.1 Å². The Kier molecular flexibility index (Phi) is 5.08. The first-order valence-corrected chi connectivity index (χ1v) is 8.13. The number of aryl methyl sites for hydroxylation is 2. The molecule has 0 aliphatic heterocycles. The van der Waals surface area contributed by atoms with E-state index >= 15 is 0 Å². The lowest BCUT2D eigenvalue weighted by atomic mass is 10.2. The van der Waals surface area contributed by atoms with Crippen LogP contribution in [0.5, 0.6) is 0 Å². The van der Waals surface area contributed by atoms with Gasteiger partial charge >= 0.3 is 0 Å². The zero-order valence-corrected chi connectivity index (χ0v) is 14.4. The van der Waals surface area contributed by atoms with Crippen molar-refractivity contribution in [2.75, 3.05) is 12.4 Å². The number of hydrogen-bond donors (Lipinski definition) is 1. The minimum Gasteiger partial charge on any atom is -0.441 e. The molecule has 8 heteroatoms. The van der Waals surface area contributed by atoms with Crippen molar-refractivity contribution in [2.45, 2.75) is 39.2 Å². The van der Waals surface area contributed by atoms with Gasteiger partial charge in [0, 0.05) is 32.1 Å². The third-order valence-corrected chi connectivity index (χ3v) is 3.78. The van der Waals surface area contributed by atoms with Crippen molar-refractivity contribution in [3.05, 3.63) is 35.8 Å². The van der Waals surface area contributed by atoms with Crippen molar-refractivity contribution in [3.63, 3.8) is 0 Å². The molecule has 1 aromatic carbocycles. The van der Waals surface area contributed by atoms with E-state index in [0.717, 1.165) is 11.9 Å². The molecule has 1 N–H and O–H groups in total. The fourth-order valence-corrected chi connectivity index (χ4v) is 2.29. The Labute approximate surface area is 144 Å². The molecule has 132 valence electrons. The number of oxazole rings is 1. The van der Waals surface area contributed by atoms with Gasteiger partial charge in [0.1, 0.15) is 11.6 Å². The van der Waals surface area contributed by atoms with E-state index in [1.54, 1.807) is 25.3 Å². The molecule has 8 nitrogen and oxygen atoms in total. The lowest BCUT2D eigenvalue weighted by Crippen LogP contribution is -2.12. The van der Waals surface area contributed by atoms with E-state index in [1.165, 1.54) is 0 Å². The number of rotatable bonds is 7. The summed E-state index contributed by atoms with van der Waals surface area (Å²) in [6.45, 7) is 3.80. The van der Waals surface area contributed by atoms with Crippen molar-refractivity contribution in [1.82, 2.24) is 15.1 Å². The fraction of sp³-hybridized carbons (Fsp3) is 0.412. The van der Waals surface area contributed by atoms with Crippen LogP contribution in [0.2, 0.25) is 0 Å². The number of ether oxygens (including phenoxy) is 1. The van der Waals surface area contributed by atoms with Gasteiger partial charge in [-0.15, -0.1) is 0 Å². The Morgan fingerprint density at radius 1 is 1.32 bits per heavy atom. The number of methoxy groups -OCH3 is 1. The van der Waals surface area contributed by atoms with Gasteiger partial charge in [-0.1, -0.05) is 12.1 Å². The second kappa shape index (κ2) is 7.43. The van der Waals surface area contributed by atoms with Gasteiger partial charge in [0.2, 0.25) is 11.8 Å². The summed E-state index contributed by atoms with van der Waals surface area (Å²) in [6.07, 6.45) is 1.08. The first kappa shape index (κ1) is 17.1. The molecule has 0 saturated carbocycles. The van der Waals surface area contributed by atoms with Crippen LogP contribution in [0, 0.1) is 0 Å². The summed E-state index contributed by atoms with van der Waals surface area (Å²) in [5.41, 5.74) is 2.11. The molecule has 0 aliphatic carbocycles. The van der Waals surface area contributed by atoms with E-state index < -0.39 is 0 Å². The molecule has 2 heterocycles. The average molecular weight is 344 g/mol. The summed E-state index contributed by atoms with van der Waals surface area (Å²) in [7, 11) is 1.57. The van der Waals surface area contributed by atoms with Gasteiger partial charge in [-0.05, 0) is 25.1 Å². The highest BCUT2D eigenvalue weighted by molar-refractivity contribution is 5.92. The SMILES string of the molecule is CCc1nc2cc(NC(=O)CCc3nc([C@H](C)OC)no3)ccc2o1. The van der Waals surface area contributed by atoms with Gasteiger partial charge in [0.25, 0.3) is 0 Å². The summed E-state index contributed by atoms with van der Waals surface area (Å²) < 4.78 is 15.8. The molecule has 0 saturated heterocycles. The molecular formula is C17H20N4O4. The smallest absolute Gasteiger partial charge is 0.227 e. The highest BCUT2D eigenvalue weighted by Gasteiger charge is 2.14. The largest absolute Gasteiger partial charge is 0.441 e. The Bertz CT molecular complexity index is 871. The van der Waals surface area contributed by atoms with Gasteiger partial charge in [-0.25, -0.2) is 4.98 Å². The number of amides is 1. The normalized spacial score (nSPS) is 12.4. The number of nitrogens with zero attached hydrogens (tertiary/aromatic N) is 3. The minimum absolute atomic E-state index is 0.141. The minimum atomic E-state index is -0.242. The Morgan fingerprint density at radius 3 is 2.92 bits per heavy atom. The molecule has 1 atom stereocenters. The number of benzene rings is 1. The van der Waals surface area contributed by atoms with Crippen LogP contribution in [-0.2, 0) is 22.4 Å². The summed E-state index contributed by atoms with van der Waals surface area (Å²) in [5.74, 6) is 1.42. The number of fused-ring (bicyclic) bond motifs is 1. The van der Waals surface area contributed by atoms with Gasteiger partial charge in [-0.2, -0.15) is 4.98 Å². The number of carbonyl (C=O) groups is 1. The van der Waals surface area contributed by atoms with Crippen LogP contribution in [0.1, 0.15) is 44.0 Å². The van der Waals surface area contributed by atoms with Crippen LogP contribution in [0.25, 0.3) is 11.1 Å². The van der Waals surface area contributed by atoms with E-state index in [9.17, 15) is 4.79 Å². The van der Waals surface area contributed by atoms with Crippen molar-refractivity contribution in [3.8, 4) is 0 Å². The molecule has 0 radical (unpaired) electrons. The second-order valence-electron chi connectivity index (χ2n) is 5.62. The van der Waals surface area contributed by atoms with Crippen LogP contribution >= 0.6 is 0 Å². The summed E-state index contributed by atoms with van der Waals surface area (Å²) in [4.78, 5) is 20.7. The molecule has 0 fully saturated rings. The molecule has 3 aromatic rings. The quantitative estimate of drug-likeness (QED) is 0.702. The standard InChI is InChI=1S/C17H20N4O4/c1-4-15-19-12-9-11(5-6-13(12)24-15)18-14(22)7-8-16-20-17(21-25-16)10(2)23-3/h5-6,9-10H,4,7-8H2,1-3H3,(H,18,22)/t10-/m0/s1. The predicted octanol–water partition coefficient (Wildman–Crippen LogP) is 3.05. The van der Waals surface area contributed by atoms with E-state index in [2.05, 4.69) is 20.4 Å². The maximum Gasteiger partial charge on any atom is 0.227 e. The Hall–Kier alpha value is -2.74. The average Bonchev–Trinajstić information content (AvgIpc) is 3.25. The first-order chi connectivity index (χ1) is 12.1. The third-order valence-electron chi connectivity index (χ3n) is 3.78. The molecule has 0 spiro atoms. The molecule has 0 aliphatic rings. The number of nitrogens with one attached hydrogen (secondary N) is 1. The van der Waals surface area contributed by atoms with Gasteiger partial charge in [0.15, 0.2) is 17.3 Å². The molecule has 0 bridgehead atoms. The van der Waals surface area contributed by atoms with Gasteiger partial charge < -0.3 is 19.0 Å². The van der Waals surface area contributed by atoms with Crippen molar-refractivity contribution in [2.24, 2.45) is 0 Å². The van der Waals surface area contributed by atoms with Gasteiger partial charge in [-0.3, -0.25) is 4.79 Å². The molecule has 1 amide bonds. The van der Waals surface area contributed by atoms with Gasteiger partial charge in [0.05, 0.1) is 0 Å². The van der Waals surface area contributed by atoms with E-state index in [4.69, 9.17) is 13.7 Å². The lowest BCUT2D eigenvalue weighted by Gasteiger charge is -2.03. The van der Waals surface area contributed by atoms with Crippen LogP contribution in [0.3, 0.4) is 0 Å². The number of hydrogen-bond acceptors (Lipinski definition) is 7. The van der Waals surface area contributed by atoms with Crippen molar-refractivity contribution < 1.29 is 18.5 Å². The monoisotopic (exact) mass is 344 g/mol. The summed E-state index contributed by atoms with van der Waals surface area (Å²) >= 11 is 0. The third kappa shape index (κ3) is 4.03. The first-order valence-electron chi connectivity index (χ1n) is 8.13. The van der Waals surface area contributed by atoms with E-state index in [0.29, 0.717) is 35.3 Å². The second-order valence-corrected chi connectivity index (χ2v) is 5.62. The van der Waals surface area contributed by atoms with E-state index in [-0.39, 0.29) is 18.4 Å². The van der Waals surface area contributed by atoms with E-state index in [1.807, 2.05) is 13.8 Å². The molecular weight excluding hydrogens is 324 g/mol. The summed E-state index contributed by atoms with van der Waals surface area (Å²) in [5, 5.41) is 6.67. The molecule has 3 rings (SSSR count). The highest BCUT2D eigenvalue weighted by Crippen LogP contribution is 2.20. The number of carbonyl (C=O) groups excluding carboxylic acids is 1. The van der Waals surface area contributed by atoms with Crippen molar-refractivity contribution in [1.29, 1.82) is 0 Å². The lowest BCUT2D eigenvalue weighted by molar-refractivity contribution is -0.116. The zero-order chi connectivity index (χ0) is 17.8. The highest BCUT2D eigenvalue weighted by atomic mass is 16.5. The maximum atomic E-state index is 12.1. The summed E-state index contributed by atoms with van der Waals surface area (Å²) in [6, 6.07) is 5.38. The Morgan fingerprint density at radius 2 is 2.16 bits per heavy atom. The van der Waals surface area contributed by atoms with Crippen molar-refractivity contribution >= 4 is 22.7 Å². The topological polar surface area (TPSA) is 103 Å². The Balaban J connectivity index is 1.58. The molecule has 25 heavy (non-hydrogen) atoms. The molecule has 2 aromatic heterocycles. The zero-order valence-electron chi connectivity index (χ0n) is 14.4.